The summed E-state index contributed by atoms with van der Waals surface area (Å²) >= 11 is 0. The molecule has 1 aromatic carbocycles. The maximum Gasteiger partial charge on any atom is 0.150 e. The van der Waals surface area contributed by atoms with Crippen molar-refractivity contribution in [1.29, 1.82) is 0 Å². The molecule has 2 rings (SSSR count). The van der Waals surface area contributed by atoms with Crippen molar-refractivity contribution >= 4 is 6.29 Å². The molecule has 0 spiro atoms. The molecule has 1 saturated heterocycles. The van der Waals surface area contributed by atoms with Crippen LogP contribution in [-0.2, 0) is 6.42 Å². The van der Waals surface area contributed by atoms with Gasteiger partial charge in [-0.1, -0.05) is 24.3 Å². The number of carbonyl (C=O) groups is 1. The van der Waals surface area contributed by atoms with E-state index >= 15 is 0 Å². The predicted molar refractivity (Wildman–Crippen MR) is 56.6 cm³/mol. The van der Waals surface area contributed by atoms with E-state index in [-0.39, 0.29) is 0 Å². The van der Waals surface area contributed by atoms with Crippen LogP contribution in [-0.4, -0.2) is 18.9 Å². The van der Waals surface area contributed by atoms with E-state index in [9.17, 15) is 4.79 Å². The van der Waals surface area contributed by atoms with Crippen LogP contribution in [0, 0.1) is 0 Å². The third kappa shape index (κ3) is 2.20. The van der Waals surface area contributed by atoms with Gasteiger partial charge in [0.15, 0.2) is 0 Å². The fourth-order valence-corrected chi connectivity index (χ4v) is 1.95. The monoisotopic (exact) mass is 189 g/mol. The van der Waals surface area contributed by atoms with Gasteiger partial charge in [-0.2, -0.15) is 0 Å². The zero-order valence-corrected chi connectivity index (χ0v) is 8.20. The molecule has 1 heterocycles. The van der Waals surface area contributed by atoms with Gasteiger partial charge in [-0.3, -0.25) is 4.79 Å². The molecule has 1 aromatic rings. The summed E-state index contributed by atoms with van der Waals surface area (Å²) in [5, 5.41) is 3.46. The maximum absolute atomic E-state index is 10.4. The van der Waals surface area contributed by atoms with Gasteiger partial charge in [0.2, 0.25) is 0 Å². The van der Waals surface area contributed by atoms with Crippen molar-refractivity contribution in [3.63, 3.8) is 0 Å². The van der Waals surface area contributed by atoms with E-state index in [0.29, 0.717) is 6.04 Å². The summed E-state index contributed by atoms with van der Waals surface area (Å²) in [6, 6.07) is 8.50. The van der Waals surface area contributed by atoms with Crippen molar-refractivity contribution in [2.75, 3.05) is 6.54 Å². The maximum atomic E-state index is 10.4. The van der Waals surface area contributed by atoms with Crippen molar-refractivity contribution < 1.29 is 4.79 Å². The fourth-order valence-electron chi connectivity index (χ4n) is 1.95. The van der Waals surface area contributed by atoms with Crippen LogP contribution in [0.5, 0.6) is 0 Å². The first-order chi connectivity index (χ1) is 6.88. The highest BCUT2D eigenvalue weighted by Gasteiger charge is 2.13. The van der Waals surface area contributed by atoms with Gasteiger partial charge in [0.05, 0.1) is 0 Å². The minimum Gasteiger partial charge on any atom is -0.314 e. The van der Waals surface area contributed by atoms with Gasteiger partial charge in [-0.25, -0.2) is 0 Å². The first-order valence-corrected chi connectivity index (χ1v) is 5.16. The topological polar surface area (TPSA) is 29.1 Å². The van der Waals surface area contributed by atoms with Gasteiger partial charge >= 0.3 is 0 Å². The van der Waals surface area contributed by atoms with Gasteiger partial charge in [0.1, 0.15) is 6.29 Å². The molecular formula is C12H15NO. The van der Waals surface area contributed by atoms with E-state index in [2.05, 4.69) is 5.32 Å². The Bertz CT molecular complexity index is 299. The van der Waals surface area contributed by atoms with Gasteiger partial charge in [0.25, 0.3) is 0 Å². The molecule has 1 aliphatic rings. The lowest BCUT2D eigenvalue weighted by molar-refractivity contribution is 0.112. The summed E-state index contributed by atoms with van der Waals surface area (Å²) in [6.45, 7) is 1.15. The number of carbonyl (C=O) groups excluding carboxylic acids is 1. The summed E-state index contributed by atoms with van der Waals surface area (Å²) in [6.07, 6.45) is 4.53. The average Bonchev–Trinajstić information content (AvgIpc) is 2.72. The summed E-state index contributed by atoms with van der Waals surface area (Å²) in [4.78, 5) is 10.4. The first-order valence-electron chi connectivity index (χ1n) is 5.16. The Morgan fingerprint density at radius 2 is 2.14 bits per heavy atom. The number of nitrogens with one attached hydrogen (secondary N) is 1. The zero-order valence-electron chi connectivity index (χ0n) is 8.20. The lowest BCUT2D eigenvalue weighted by atomic mass is 10.0. The van der Waals surface area contributed by atoms with Crippen molar-refractivity contribution in [3.8, 4) is 0 Å². The van der Waals surface area contributed by atoms with Gasteiger partial charge < -0.3 is 5.32 Å². The highest BCUT2D eigenvalue weighted by Crippen LogP contribution is 2.12. The van der Waals surface area contributed by atoms with Crippen LogP contribution in [0.1, 0.15) is 28.8 Å². The second-order valence-corrected chi connectivity index (χ2v) is 3.86. The van der Waals surface area contributed by atoms with E-state index in [1.54, 1.807) is 0 Å². The van der Waals surface area contributed by atoms with Gasteiger partial charge in [-0.05, 0) is 31.4 Å². The van der Waals surface area contributed by atoms with E-state index in [1.807, 2.05) is 24.3 Å². The molecule has 14 heavy (non-hydrogen) atoms. The summed E-state index contributed by atoms with van der Waals surface area (Å²) < 4.78 is 0. The molecule has 0 amide bonds. The highest BCUT2D eigenvalue weighted by atomic mass is 16.1. The Morgan fingerprint density at radius 1 is 1.36 bits per heavy atom. The predicted octanol–water partition coefficient (Wildman–Crippen LogP) is 1.79. The molecule has 1 N–H and O–H groups in total. The molecule has 0 aromatic heterocycles. The number of hydrogen-bond donors (Lipinski definition) is 1. The third-order valence-corrected chi connectivity index (χ3v) is 2.76. The normalized spacial score (nSPS) is 21.0. The highest BCUT2D eigenvalue weighted by molar-refractivity contribution is 5.74. The van der Waals surface area contributed by atoms with E-state index < -0.39 is 0 Å². The zero-order chi connectivity index (χ0) is 9.80. The Morgan fingerprint density at radius 3 is 2.71 bits per heavy atom. The second-order valence-electron chi connectivity index (χ2n) is 3.86. The van der Waals surface area contributed by atoms with Crippen molar-refractivity contribution in [2.24, 2.45) is 0 Å². The van der Waals surface area contributed by atoms with Crippen LogP contribution in [0.15, 0.2) is 24.3 Å². The molecule has 1 atom stereocenters. The lowest BCUT2D eigenvalue weighted by Gasteiger charge is -2.09. The van der Waals surface area contributed by atoms with Crippen molar-refractivity contribution in [3.05, 3.63) is 35.4 Å². The van der Waals surface area contributed by atoms with Crippen LogP contribution in [0.2, 0.25) is 0 Å². The molecule has 0 saturated carbocycles. The Kier molecular flexibility index (Phi) is 2.94. The Hall–Kier alpha value is -1.15. The van der Waals surface area contributed by atoms with Crippen molar-refractivity contribution in [2.45, 2.75) is 25.3 Å². The SMILES string of the molecule is O=Cc1ccc(CC2CCCN2)cc1. The molecule has 0 aliphatic carbocycles. The molecule has 74 valence electrons. The Balaban J connectivity index is 1.98. The lowest BCUT2D eigenvalue weighted by Crippen LogP contribution is -2.23. The van der Waals surface area contributed by atoms with Crippen LogP contribution >= 0.6 is 0 Å². The smallest absolute Gasteiger partial charge is 0.150 e. The van der Waals surface area contributed by atoms with Gasteiger partial charge in [-0.15, -0.1) is 0 Å². The average molecular weight is 189 g/mol. The van der Waals surface area contributed by atoms with Crippen LogP contribution in [0.4, 0.5) is 0 Å². The summed E-state index contributed by atoms with van der Waals surface area (Å²) in [5.41, 5.74) is 2.07. The molecule has 1 unspecified atom stereocenters. The number of rotatable bonds is 3. The van der Waals surface area contributed by atoms with Crippen LogP contribution < -0.4 is 5.32 Å². The van der Waals surface area contributed by atoms with E-state index in [1.165, 1.54) is 18.4 Å². The third-order valence-electron chi connectivity index (χ3n) is 2.76. The molecular weight excluding hydrogens is 174 g/mol. The Labute approximate surface area is 84.3 Å². The number of benzene rings is 1. The second kappa shape index (κ2) is 4.38. The molecule has 2 nitrogen and oxygen atoms in total. The molecule has 0 radical (unpaired) electrons. The van der Waals surface area contributed by atoms with E-state index in [4.69, 9.17) is 0 Å². The quantitative estimate of drug-likeness (QED) is 0.734. The first kappa shape index (κ1) is 9.41. The van der Waals surface area contributed by atoms with Crippen LogP contribution in [0.25, 0.3) is 0 Å². The minimum atomic E-state index is 0.636. The van der Waals surface area contributed by atoms with Crippen molar-refractivity contribution in [1.82, 2.24) is 5.32 Å². The molecule has 1 fully saturated rings. The summed E-state index contributed by atoms with van der Waals surface area (Å²) in [7, 11) is 0. The van der Waals surface area contributed by atoms with E-state index in [0.717, 1.165) is 24.8 Å². The standard InChI is InChI=1S/C12H15NO/c14-9-11-5-3-10(4-6-11)8-12-2-1-7-13-12/h3-6,9,12-13H,1-2,7-8H2. The molecule has 1 aliphatic heterocycles. The van der Waals surface area contributed by atoms with Crippen LogP contribution in [0.3, 0.4) is 0 Å². The fraction of sp³-hybridized carbons (Fsp3) is 0.417. The largest absolute Gasteiger partial charge is 0.314 e. The molecule has 2 heteroatoms. The van der Waals surface area contributed by atoms with Gasteiger partial charge in [0, 0.05) is 11.6 Å². The number of hydrogen-bond acceptors (Lipinski definition) is 2. The number of aldehydes is 1. The minimum absolute atomic E-state index is 0.636. The summed E-state index contributed by atoms with van der Waals surface area (Å²) in [5.74, 6) is 0. The molecule has 0 bridgehead atoms.